The minimum atomic E-state index is -0.455. The summed E-state index contributed by atoms with van der Waals surface area (Å²) < 4.78 is 18.0. The summed E-state index contributed by atoms with van der Waals surface area (Å²) in [6, 6.07) is 5.09. The molecule has 1 atom stereocenters. The van der Waals surface area contributed by atoms with Gasteiger partial charge in [0.15, 0.2) is 0 Å². The van der Waals surface area contributed by atoms with Crippen LogP contribution in [0, 0.1) is 17.7 Å². The van der Waals surface area contributed by atoms with Gasteiger partial charge in [0.05, 0.1) is 24.4 Å². The number of para-hydroxylation sites is 1. The summed E-state index contributed by atoms with van der Waals surface area (Å²) in [5.74, 6) is 0.799. The van der Waals surface area contributed by atoms with Crippen LogP contribution < -0.4 is 0 Å². The van der Waals surface area contributed by atoms with Gasteiger partial charge in [-0.15, -0.1) is 0 Å². The molecule has 1 unspecified atom stereocenters. The van der Waals surface area contributed by atoms with E-state index in [1.807, 2.05) is 15.3 Å². The zero-order valence-electron chi connectivity index (χ0n) is 13.3. The van der Waals surface area contributed by atoms with E-state index < -0.39 is 6.10 Å². The van der Waals surface area contributed by atoms with Crippen molar-refractivity contribution in [1.82, 2.24) is 14.2 Å². The second-order valence-electron chi connectivity index (χ2n) is 6.93. The van der Waals surface area contributed by atoms with Gasteiger partial charge in [0.25, 0.3) is 0 Å². The fourth-order valence-electron chi connectivity index (χ4n) is 3.94. The molecule has 4 nitrogen and oxygen atoms in total. The van der Waals surface area contributed by atoms with Gasteiger partial charge >= 0.3 is 0 Å². The topological polar surface area (TPSA) is 42.5 Å². The van der Waals surface area contributed by atoms with Crippen LogP contribution in [0.2, 0.25) is 0 Å². The molecule has 23 heavy (non-hydrogen) atoms. The number of rotatable bonds is 3. The number of benzene rings is 1. The molecule has 0 bridgehead atoms. The minimum absolute atomic E-state index is 0.254. The third kappa shape index (κ3) is 2.43. The molecule has 5 heteroatoms. The highest BCUT2D eigenvalue weighted by atomic mass is 19.1. The predicted molar refractivity (Wildman–Crippen MR) is 87.8 cm³/mol. The molecular weight excluding hydrogens is 293 g/mol. The van der Waals surface area contributed by atoms with Gasteiger partial charge in [-0.05, 0) is 30.7 Å². The average molecular weight is 315 g/mol. The first-order valence-electron chi connectivity index (χ1n) is 8.42. The van der Waals surface area contributed by atoms with Gasteiger partial charge in [-0.2, -0.15) is 0 Å². The standard InChI is InChI=1S/C18H22FN3O/c1-12-5-7-13(8-6-12)17(23)10-21-18-14(3-2-4-15(18)19)16-9-20-11-22(16)21/h2-4,9,11-13,17,23H,5-8,10H2,1H3. The maximum absolute atomic E-state index is 14.4. The number of hydrogen-bond acceptors (Lipinski definition) is 2. The molecule has 1 saturated carbocycles. The molecule has 2 heterocycles. The van der Waals surface area contributed by atoms with Gasteiger partial charge in [-0.3, -0.25) is 4.68 Å². The largest absolute Gasteiger partial charge is 0.391 e. The summed E-state index contributed by atoms with van der Waals surface area (Å²) >= 11 is 0. The van der Waals surface area contributed by atoms with Gasteiger partial charge in [-0.1, -0.05) is 31.9 Å². The quantitative estimate of drug-likeness (QED) is 0.802. The van der Waals surface area contributed by atoms with E-state index in [0.717, 1.165) is 29.7 Å². The Balaban J connectivity index is 1.71. The molecule has 2 aromatic heterocycles. The number of aliphatic hydroxyl groups is 1. The number of nitrogens with zero attached hydrogens (tertiary/aromatic N) is 3. The van der Waals surface area contributed by atoms with Crippen LogP contribution in [-0.4, -0.2) is 25.4 Å². The normalized spacial score (nSPS) is 23.6. The maximum Gasteiger partial charge on any atom is 0.149 e. The van der Waals surface area contributed by atoms with Crippen molar-refractivity contribution < 1.29 is 9.50 Å². The summed E-state index contributed by atoms with van der Waals surface area (Å²) in [4.78, 5) is 4.17. The van der Waals surface area contributed by atoms with Crippen molar-refractivity contribution in [2.75, 3.05) is 0 Å². The molecule has 3 aromatic rings. The van der Waals surface area contributed by atoms with Crippen molar-refractivity contribution in [2.24, 2.45) is 11.8 Å². The van der Waals surface area contributed by atoms with Gasteiger partial charge in [-0.25, -0.2) is 13.9 Å². The van der Waals surface area contributed by atoms with Crippen LogP contribution in [0.5, 0.6) is 0 Å². The Morgan fingerprint density at radius 2 is 2.09 bits per heavy atom. The van der Waals surface area contributed by atoms with Crippen LogP contribution in [0.1, 0.15) is 32.6 Å². The van der Waals surface area contributed by atoms with Gasteiger partial charge < -0.3 is 5.11 Å². The summed E-state index contributed by atoms with van der Waals surface area (Å²) in [6.07, 6.45) is 7.42. The van der Waals surface area contributed by atoms with Crippen LogP contribution in [0.25, 0.3) is 16.4 Å². The SMILES string of the molecule is CC1CCC(C(O)Cn2c3c(F)cccc3c3cncn32)CC1. The zero-order valence-corrected chi connectivity index (χ0v) is 13.3. The van der Waals surface area contributed by atoms with Crippen LogP contribution in [-0.2, 0) is 6.54 Å². The van der Waals surface area contributed by atoms with E-state index in [-0.39, 0.29) is 5.82 Å². The second-order valence-corrected chi connectivity index (χ2v) is 6.93. The predicted octanol–water partition coefficient (Wildman–Crippen LogP) is 3.62. The molecule has 1 aromatic carbocycles. The Morgan fingerprint density at radius 1 is 1.30 bits per heavy atom. The molecular formula is C18H22FN3O. The fraction of sp³-hybridized carbons (Fsp3) is 0.500. The Morgan fingerprint density at radius 3 is 2.87 bits per heavy atom. The van der Waals surface area contributed by atoms with Crippen molar-refractivity contribution in [3.8, 4) is 0 Å². The Hall–Kier alpha value is -1.88. The van der Waals surface area contributed by atoms with Crippen molar-refractivity contribution in [3.63, 3.8) is 0 Å². The molecule has 1 fully saturated rings. The summed E-state index contributed by atoms with van der Waals surface area (Å²) in [6.45, 7) is 2.67. The summed E-state index contributed by atoms with van der Waals surface area (Å²) in [5, 5.41) is 11.5. The van der Waals surface area contributed by atoms with Gasteiger partial charge in [0, 0.05) is 5.39 Å². The number of fused-ring (bicyclic) bond motifs is 3. The van der Waals surface area contributed by atoms with Crippen LogP contribution in [0.3, 0.4) is 0 Å². The fourth-order valence-corrected chi connectivity index (χ4v) is 3.94. The minimum Gasteiger partial charge on any atom is -0.391 e. The molecule has 0 radical (unpaired) electrons. The van der Waals surface area contributed by atoms with Gasteiger partial charge in [0.2, 0.25) is 0 Å². The Kier molecular flexibility index (Phi) is 3.60. The van der Waals surface area contributed by atoms with E-state index in [0.29, 0.717) is 18.0 Å². The molecule has 4 rings (SSSR count). The Labute approximate surface area is 134 Å². The van der Waals surface area contributed by atoms with Crippen LogP contribution in [0.4, 0.5) is 4.39 Å². The van der Waals surface area contributed by atoms with Crippen LogP contribution in [0.15, 0.2) is 30.7 Å². The third-order valence-corrected chi connectivity index (χ3v) is 5.37. The smallest absolute Gasteiger partial charge is 0.149 e. The van der Waals surface area contributed by atoms with E-state index >= 15 is 0 Å². The first-order chi connectivity index (χ1) is 11.1. The average Bonchev–Trinajstić information content (AvgIpc) is 3.12. The van der Waals surface area contributed by atoms with Crippen molar-refractivity contribution in [3.05, 3.63) is 36.5 Å². The first kappa shape index (κ1) is 14.7. The lowest BCUT2D eigenvalue weighted by molar-refractivity contribution is 0.0588. The number of aliphatic hydroxyl groups excluding tert-OH is 1. The van der Waals surface area contributed by atoms with E-state index in [1.165, 1.54) is 18.9 Å². The Bertz CT molecular complexity index is 829. The lowest BCUT2D eigenvalue weighted by atomic mass is 9.80. The first-order valence-corrected chi connectivity index (χ1v) is 8.42. The number of hydrogen-bond donors (Lipinski definition) is 1. The molecule has 1 aliphatic rings. The molecule has 0 saturated heterocycles. The molecule has 0 spiro atoms. The van der Waals surface area contributed by atoms with Crippen LogP contribution >= 0.6 is 0 Å². The highest BCUT2D eigenvalue weighted by molar-refractivity contribution is 5.94. The number of aromatic nitrogens is 3. The monoisotopic (exact) mass is 315 g/mol. The highest BCUT2D eigenvalue weighted by Gasteiger charge is 2.26. The molecule has 1 aliphatic carbocycles. The lowest BCUT2D eigenvalue weighted by Crippen LogP contribution is -2.30. The highest BCUT2D eigenvalue weighted by Crippen LogP contribution is 2.32. The lowest BCUT2D eigenvalue weighted by Gasteiger charge is -2.30. The molecule has 1 N–H and O–H groups in total. The van der Waals surface area contributed by atoms with Crippen molar-refractivity contribution in [1.29, 1.82) is 0 Å². The van der Waals surface area contributed by atoms with E-state index in [2.05, 4.69) is 11.9 Å². The van der Waals surface area contributed by atoms with Crippen molar-refractivity contribution in [2.45, 2.75) is 45.3 Å². The summed E-state index contributed by atoms with van der Waals surface area (Å²) in [5.41, 5.74) is 1.43. The zero-order chi connectivity index (χ0) is 16.0. The van der Waals surface area contributed by atoms with E-state index in [1.54, 1.807) is 18.6 Å². The number of halogens is 1. The molecule has 0 amide bonds. The number of imidazole rings is 1. The third-order valence-electron chi connectivity index (χ3n) is 5.37. The summed E-state index contributed by atoms with van der Waals surface area (Å²) in [7, 11) is 0. The van der Waals surface area contributed by atoms with E-state index in [9.17, 15) is 9.50 Å². The maximum atomic E-state index is 14.4. The van der Waals surface area contributed by atoms with Crippen molar-refractivity contribution >= 4 is 16.4 Å². The van der Waals surface area contributed by atoms with E-state index in [4.69, 9.17) is 0 Å². The molecule has 122 valence electrons. The van der Waals surface area contributed by atoms with Gasteiger partial charge in [0.1, 0.15) is 17.7 Å². The molecule has 0 aliphatic heterocycles. The second kappa shape index (κ2) is 5.64.